The highest BCUT2D eigenvalue weighted by Crippen LogP contribution is 2.30. The average molecular weight is 394 g/mol. The van der Waals surface area contributed by atoms with E-state index in [0.29, 0.717) is 38.0 Å². The van der Waals surface area contributed by atoms with E-state index in [1.165, 1.54) is 12.1 Å². The van der Waals surface area contributed by atoms with Crippen molar-refractivity contribution in [3.8, 4) is 11.1 Å². The zero-order valence-corrected chi connectivity index (χ0v) is 16.2. The molecule has 0 radical (unpaired) electrons. The van der Waals surface area contributed by atoms with Crippen molar-refractivity contribution in [1.29, 1.82) is 0 Å². The van der Waals surface area contributed by atoms with E-state index in [2.05, 4.69) is 15.2 Å². The molecule has 150 valence electrons. The van der Waals surface area contributed by atoms with Gasteiger partial charge in [0.25, 0.3) is 5.91 Å². The third kappa shape index (κ3) is 4.05. The fourth-order valence-corrected chi connectivity index (χ4v) is 3.90. The Bertz CT molecular complexity index is 993. The number of hydrogen-bond donors (Lipinski definition) is 2. The Balaban J connectivity index is 1.47. The number of carbonyl (C=O) groups excluding carboxylic acids is 1. The van der Waals surface area contributed by atoms with Crippen LogP contribution in [0.3, 0.4) is 0 Å². The monoisotopic (exact) mass is 394 g/mol. The molecular formula is C22H23FN4O2. The van der Waals surface area contributed by atoms with Crippen molar-refractivity contribution < 1.29 is 14.3 Å². The van der Waals surface area contributed by atoms with E-state index in [0.717, 1.165) is 22.4 Å². The number of pyridine rings is 1. The smallest absolute Gasteiger partial charge is 0.272 e. The van der Waals surface area contributed by atoms with Crippen LogP contribution in [0.1, 0.15) is 34.6 Å². The molecule has 2 aromatic heterocycles. The quantitative estimate of drug-likeness (QED) is 0.712. The molecule has 0 spiro atoms. The molecule has 4 rings (SSSR count). The van der Waals surface area contributed by atoms with Crippen LogP contribution in [0.4, 0.5) is 4.39 Å². The molecule has 3 aromatic rings. The first-order chi connectivity index (χ1) is 14.0. The van der Waals surface area contributed by atoms with Crippen LogP contribution in [0.25, 0.3) is 11.1 Å². The van der Waals surface area contributed by atoms with E-state index in [-0.39, 0.29) is 11.7 Å². The van der Waals surface area contributed by atoms with E-state index in [9.17, 15) is 14.3 Å². The van der Waals surface area contributed by atoms with Crippen molar-refractivity contribution in [3.05, 3.63) is 71.6 Å². The number of nitrogens with one attached hydrogen (secondary N) is 1. The van der Waals surface area contributed by atoms with Gasteiger partial charge >= 0.3 is 0 Å². The highest BCUT2D eigenvalue weighted by Gasteiger charge is 2.35. The van der Waals surface area contributed by atoms with E-state index in [4.69, 9.17) is 0 Å². The summed E-state index contributed by atoms with van der Waals surface area (Å²) in [4.78, 5) is 18.9. The van der Waals surface area contributed by atoms with Gasteiger partial charge in [0.2, 0.25) is 0 Å². The zero-order chi connectivity index (χ0) is 20.4. The van der Waals surface area contributed by atoms with Gasteiger partial charge in [0.05, 0.1) is 11.3 Å². The van der Waals surface area contributed by atoms with Crippen LogP contribution in [-0.2, 0) is 6.42 Å². The van der Waals surface area contributed by atoms with Gasteiger partial charge in [-0.1, -0.05) is 12.1 Å². The van der Waals surface area contributed by atoms with Gasteiger partial charge in [0.15, 0.2) is 0 Å². The third-order valence-corrected chi connectivity index (χ3v) is 5.56. The maximum atomic E-state index is 13.1. The van der Waals surface area contributed by atoms with Crippen LogP contribution in [-0.4, -0.2) is 49.8 Å². The highest BCUT2D eigenvalue weighted by molar-refractivity contribution is 5.99. The van der Waals surface area contributed by atoms with Crippen molar-refractivity contribution in [1.82, 2.24) is 20.1 Å². The molecule has 0 aliphatic carbocycles. The molecule has 0 saturated carbocycles. The molecule has 7 heteroatoms. The Morgan fingerprint density at radius 2 is 1.83 bits per heavy atom. The van der Waals surface area contributed by atoms with Crippen molar-refractivity contribution in [2.45, 2.75) is 31.8 Å². The number of halogens is 1. The topological polar surface area (TPSA) is 82.1 Å². The number of H-pyrrole nitrogens is 1. The molecule has 2 N–H and O–H groups in total. The predicted molar refractivity (Wildman–Crippen MR) is 107 cm³/mol. The Kier molecular flexibility index (Phi) is 5.15. The number of aryl methyl sites for hydroxylation is 1. The molecule has 29 heavy (non-hydrogen) atoms. The van der Waals surface area contributed by atoms with Crippen LogP contribution in [0, 0.1) is 12.7 Å². The summed E-state index contributed by atoms with van der Waals surface area (Å²) in [6, 6.07) is 9.90. The van der Waals surface area contributed by atoms with Crippen LogP contribution in [0.2, 0.25) is 0 Å². The number of nitrogens with zero attached hydrogens (tertiary/aromatic N) is 3. The average Bonchev–Trinajstić information content (AvgIpc) is 3.12. The number of aliphatic hydroxyl groups is 1. The second kappa shape index (κ2) is 7.75. The molecule has 1 aliphatic rings. The maximum Gasteiger partial charge on any atom is 0.272 e. The highest BCUT2D eigenvalue weighted by atomic mass is 19.1. The lowest BCUT2D eigenvalue weighted by Gasteiger charge is -2.38. The fraction of sp³-hybridized carbons (Fsp3) is 0.318. The summed E-state index contributed by atoms with van der Waals surface area (Å²) in [5.74, 6) is -0.415. The maximum absolute atomic E-state index is 13.1. The largest absolute Gasteiger partial charge is 0.389 e. The predicted octanol–water partition coefficient (Wildman–Crippen LogP) is 3.13. The molecule has 1 fully saturated rings. The first-order valence-corrected chi connectivity index (χ1v) is 9.67. The molecule has 1 saturated heterocycles. The number of benzene rings is 1. The summed E-state index contributed by atoms with van der Waals surface area (Å²) >= 11 is 0. The first-order valence-electron chi connectivity index (χ1n) is 9.67. The molecule has 6 nitrogen and oxygen atoms in total. The van der Waals surface area contributed by atoms with Crippen molar-refractivity contribution in [3.63, 3.8) is 0 Å². The number of likely N-dealkylation sites (tertiary alicyclic amines) is 1. The fourth-order valence-electron chi connectivity index (χ4n) is 3.90. The van der Waals surface area contributed by atoms with Crippen molar-refractivity contribution >= 4 is 5.91 Å². The van der Waals surface area contributed by atoms with Gasteiger partial charge in [-0.3, -0.25) is 14.9 Å². The number of carbonyl (C=O) groups is 1. The van der Waals surface area contributed by atoms with Crippen LogP contribution in [0.5, 0.6) is 0 Å². The van der Waals surface area contributed by atoms with Gasteiger partial charge < -0.3 is 10.0 Å². The van der Waals surface area contributed by atoms with E-state index < -0.39 is 5.60 Å². The molecular weight excluding hydrogens is 371 g/mol. The second-order valence-electron chi connectivity index (χ2n) is 7.61. The van der Waals surface area contributed by atoms with E-state index >= 15 is 0 Å². The minimum absolute atomic E-state index is 0.124. The SMILES string of the molecule is Cc1n[nH]c(C(=O)N2CCC(O)(Cc3ccc(F)cc3)CC2)c1-c1ccncc1. The van der Waals surface area contributed by atoms with Gasteiger partial charge in [-0.05, 0) is 55.2 Å². The lowest BCUT2D eigenvalue weighted by atomic mass is 9.85. The molecule has 1 aliphatic heterocycles. The minimum Gasteiger partial charge on any atom is -0.389 e. The van der Waals surface area contributed by atoms with Crippen LogP contribution in [0.15, 0.2) is 48.8 Å². The standard InChI is InChI=1S/C22H23FN4O2/c1-15-19(17-6-10-24-11-7-17)20(26-25-15)21(28)27-12-8-22(29,9-13-27)14-16-2-4-18(23)5-3-16/h2-7,10-11,29H,8-9,12-14H2,1H3,(H,25,26). The lowest BCUT2D eigenvalue weighted by molar-refractivity contribution is -0.0163. The molecule has 0 atom stereocenters. The number of piperidine rings is 1. The van der Waals surface area contributed by atoms with E-state index in [1.807, 2.05) is 19.1 Å². The van der Waals surface area contributed by atoms with Gasteiger partial charge in [-0.25, -0.2) is 4.39 Å². The first kappa shape index (κ1) is 19.3. The number of rotatable bonds is 4. The van der Waals surface area contributed by atoms with Gasteiger partial charge in [-0.2, -0.15) is 5.10 Å². The molecule has 1 amide bonds. The Morgan fingerprint density at radius 3 is 2.48 bits per heavy atom. The Labute approximate surface area is 168 Å². The molecule has 0 bridgehead atoms. The normalized spacial score (nSPS) is 16.0. The molecule has 0 unspecified atom stereocenters. The second-order valence-corrected chi connectivity index (χ2v) is 7.61. The summed E-state index contributed by atoms with van der Waals surface area (Å²) in [6.45, 7) is 2.76. The Morgan fingerprint density at radius 1 is 1.17 bits per heavy atom. The number of amides is 1. The lowest BCUT2D eigenvalue weighted by Crippen LogP contribution is -2.47. The number of hydrogen-bond acceptors (Lipinski definition) is 4. The van der Waals surface area contributed by atoms with Crippen LogP contribution >= 0.6 is 0 Å². The van der Waals surface area contributed by atoms with Crippen LogP contribution < -0.4 is 0 Å². The zero-order valence-electron chi connectivity index (χ0n) is 16.2. The minimum atomic E-state index is -0.896. The summed E-state index contributed by atoms with van der Waals surface area (Å²) in [5, 5.41) is 18.0. The summed E-state index contributed by atoms with van der Waals surface area (Å²) < 4.78 is 13.1. The molecule has 1 aromatic carbocycles. The summed E-state index contributed by atoms with van der Waals surface area (Å²) in [7, 11) is 0. The third-order valence-electron chi connectivity index (χ3n) is 5.56. The summed E-state index contributed by atoms with van der Waals surface area (Å²) in [6.07, 6.45) is 4.75. The van der Waals surface area contributed by atoms with Crippen molar-refractivity contribution in [2.24, 2.45) is 0 Å². The Hall–Kier alpha value is -3.06. The van der Waals surface area contributed by atoms with Gasteiger partial charge in [-0.15, -0.1) is 0 Å². The van der Waals surface area contributed by atoms with Gasteiger partial charge in [0.1, 0.15) is 11.5 Å². The number of aromatic amines is 1. The number of aromatic nitrogens is 3. The van der Waals surface area contributed by atoms with E-state index in [1.54, 1.807) is 29.4 Å². The van der Waals surface area contributed by atoms with Gasteiger partial charge in [0, 0.05) is 37.5 Å². The summed E-state index contributed by atoms with van der Waals surface area (Å²) in [5.41, 5.74) is 2.87. The van der Waals surface area contributed by atoms with Crippen molar-refractivity contribution in [2.75, 3.05) is 13.1 Å². The molecule has 3 heterocycles.